The lowest BCUT2D eigenvalue weighted by atomic mass is 9.88. The number of allylic oxidation sites excluding steroid dienone is 1. The highest BCUT2D eigenvalue weighted by atomic mass is 35.5. The summed E-state index contributed by atoms with van der Waals surface area (Å²) in [6, 6.07) is 7.44. The van der Waals surface area contributed by atoms with Crippen molar-refractivity contribution in [1.29, 1.82) is 0 Å². The van der Waals surface area contributed by atoms with Gasteiger partial charge in [-0.15, -0.1) is 6.58 Å². The number of benzene rings is 2. The van der Waals surface area contributed by atoms with Gasteiger partial charge in [-0.05, 0) is 42.8 Å². The molecule has 1 heterocycles. The lowest BCUT2D eigenvalue weighted by Gasteiger charge is -2.38. The van der Waals surface area contributed by atoms with Crippen LogP contribution in [0.5, 0.6) is 5.75 Å². The molecule has 1 unspecified atom stereocenters. The molecule has 1 aliphatic rings. The number of hydrogen-bond acceptors (Lipinski definition) is 3. The van der Waals surface area contributed by atoms with Gasteiger partial charge in [0.25, 0.3) is 0 Å². The smallest absolute Gasteiger partial charge is 0.188 e. The molecule has 0 N–H and O–H groups in total. The molecule has 0 saturated carbocycles. The predicted octanol–water partition coefficient (Wildman–Crippen LogP) is 4.65. The Morgan fingerprint density at radius 2 is 1.80 bits per heavy atom. The largest absolute Gasteiger partial charge is 0.490 e. The Hall–Kier alpha value is -1.92. The van der Waals surface area contributed by atoms with Crippen molar-refractivity contribution in [1.82, 2.24) is 0 Å². The fourth-order valence-electron chi connectivity index (χ4n) is 3.20. The van der Waals surface area contributed by atoms with E-state index in [1.165, 1.54) is 30.3 Å². The first kappa shape index (κ1) is 17.9. The molecule has 0 saturated heterocycles. The van der Waals surface area contributed by atoms with Crippen LogP contribution in [0, 0.1) is 11.6 Å². The van der Waals surface area contributed by atoms with E-state index in [1.807, 2.05) is 0 Å². The summed E-state index contributed by atoms with van der Waals surface area (Å²) in [4.78, 5) is -0.0183. The molecule has 25 heavy (non-hydrogen) atoms. The number of hydrogen-bond donors (Lipinski definition) is 0. The van der Waals surface area contributed by atoms with E-state index in [1.54, 1.807) is 0 Å². The number of halogens is 3. The van der Waals surface area contributed by atoms with Crippen LogP contribution in [0.25, 0.3) is 0 Å². The summed E-state index contributed by atoms with van der Waals surface area (Å²) >= 11 is 5.83. The Labute approximate surface area is 149 Å². The normalized spacial score (nSPS) is 19.8. The van der Waals surface area contributed by atoms with Crippen molar-refractivity contribution in [3.05, 3.63) is 71.3 Å². The molecule has 0 fully saturated rings. The molecule has 1 aliphatic heterocycles. The number of sulfone groups is 1. The topological polar surface area (TPSA) is 43.4 Å². The van der Waals surface area contributed by atoms with Gasteiger partial charge in [0, 0.05) is 11.4 Å². The molecule has 3 rings (SSSR count). The van der Waals surface area contributed by atoms with Gasteiger partial charge in [-0.2, -0.15) is 0 Å². The van der Waals surface area contributed by atoms with E-state index in [2.05, 4.69) is 6.58 Å². The minimum Gasteiger partial charge on any atom is -0.490 e. The van der Waals surface area contributed by atoms with Gasteiger partial charge >= 0.3 is 0 Å². The van der Waals surface area contributed by atoms with Crippen LogP contribution in [0.3, 0.4) is 0 Å². The molecule has 7 heteroatoms. The summed E-state index contributed by atoms with van der Waals surface area (Å²) in [5.74, 6) is -1.98. The molecular weight excluding hydrogens is 370 g/mol. The summed E-state index contributed by atoms with van der Waals surface area (Å²) in [5.41, 5.74) is -0.284. The van der Waals surface area contributed by atoms with E-state index in [4.69, 9.17) is 16.3 Å². The second kappa shape index (κ2) is 6.42. The summed E-state index contributed by atoms with van der Waals surface area (Å²) < 4.78 is 59.1. The van der Waals surface area contributed by atoms with Gasteiger partial charge in [-0.1, -0.05) is 17.7 Å². The van der Waals surface area contributed by atoms with Gasteiger partial charge < -0.3 is 4.74 Å². The van der Waals surface area contributed by atoms with Crippen molar-refractivity contribution in [2.75, 3.05) is 6.61 Å². The van der Waals surface area contributed by atoms with Crippen LogP contribution in [-0.2, 0) is 14.6 Å². The first-order valence-electron chi connectivity index (χ1n) is 7.56. The highest BCUT2D eigenvalue weighted by Crippen LogP contribution is 2.50. The van der Waals surface area contributed by atoms with Gasteiger partial charge in [-0.3, -0.25) is 0 Å². The molecule has 0 spiro atoms. The van der Waals surface area contributed by atoms with E-state index in [-0.39, 0.29) is 35.7 Å². The van der Waals surface area contributed by atoms with Crippen molar-refractivity contribution in [3.8, 4) is 5.75 Å². The average Bonchev–Trinajstić information content (AvgIpc) is 2.59. The Kier molecular flexibility index (Phi) is 4.60. The average molecular weight is 385 g/mol. The van der Waals surface area contributed by atoms with Crippen LogP contribution in [-0.4, -0.2) is 15.0 Å². The second-order valence-electron chi connectivity index (χ2n) is 5.78. The molecule has 2 aromatic rings. The molecule has 2 aromatic carbocycles. The van der Waals surface area contributed by atoms with Gasteiger partial charge in [0.15, 0.2) is 21.4 Å². The zero-order valence-electron chi connectivity index (χ0n) is 13.1. The minimum atomic E-state index is -4.07. The van der Waals surface area contributed by atoms with Crippen molar-refractivity contribution >= 4 is 21.4 Å². The Balaban J connectivity index is 2.32. The third-order valence-corrected chi connectivity index (χ3v) is 7.13. The Morgan fingerprint density at radius 3 is 2.44 bits per heavy atom. The SMILES string of the molecule is C=CCC1(S(=O)(=O)c2ccc(Cl)cc2)CCOc2c(F)ccc(F)c21. The summed E-state index contributed by atoms with van der Waals surface area (Å²) in [6.45, 7) is 3.56. The quantitative estimate of drug-likeness (QED) is 0.721. The van der Waals surface area contributed by atoms with E-state index in [9.17, 15) is 17.2 Å². The highest BCUT2D eigenvalue weighted by Gasteiger charge is 2.51. The molecule has 0 radical (unpaired) electrons. The van der Waals surface area contributed by atoms with Crippen molar-refractivity contribution in [2.24, 2.45) is 0 Å². The van der Waals surface area contributed by atoms with E-state index < -0.39 is 26.2 Å². The monoisotopic (exact) mass is 384 g/mol. The highest BCUT2D eigenvalue weighted by molar-refractivity contribution is 7.92. The van der Waals surface area contributed by atoms with E-state index in [0.29, 0.717) is 5.02 Å². The van der Waals surface area contributed by atoms with Crippen LogP contribution in [0.15, 0.2) is 53.9 Å². The Morgan fingerprint density at radius 1 is 1.16 bits per heavy atom. The van der Waals surface area contributed by atoms with Crippen LogP contribution >= 0.6 is 11.6 Å². The zero-order chi connectivity index (χ0) is 18.2. The van der Waals surface area contributed by atoms with Crippen LogP contribution < -0.4 is 4.74 Å². The van der Waals surface area contributed by atoms with Gasteiger partial charge in [0.1, 0.15) is 10.6 Å². The fourth-order valence-corrected chi connectivity index (χ4v) is 5.42. The van der Waals surface area contributed by atoms with Crippen molar-refractivity contribution in [3.63, 3.8) is 0 Å². The third kappa shape index (κ3) is 2.73. The second-order valence-corrected chi connectivity index (χ2v) is 8.47. The predicted molar refractivity (Wildman–Crippen MR) is 91.6 cm³/mol. The maximum Gasteiger partial charge on any atom is 0.188 e. The molecule has 3 nitrogen and oxygen atoms in total. The lowest BCUT2D eigenvalue weighted by molar-refractivity contribution is 0.233. The van der Waals surface area contributed by atoms with Crippen LogP contribution in [0.1, 0.15) is 18.4 Å². The molecular formula is C18H15ClF2O3S. The molecule has 0 aromatic heterocycles. The fraction of sp³-hybridized carbons (Fsp3) is 0.222. The van der Waals surface area contributed by atoms with Crippen molar-refractivity contribution in [2.45, 2.75) is 22.5 Å². The van der Waals surface area contributed by atoms with Crippen LogP contribution in [0.2, 0.25) is 5.02 Å². The first-order valence-corrected chi connectivity index (χ1v) is 9.42. The first-order chi connectivity index (χ1) is 11.8. The Bertz CT molecular complexity index is 926. The third-order valence-electron chi connectivity index (χ3n) is 4.38. The number of fused-ring (bicyclic) bond motifs is 1. The molecule has 1 atom stereocenters. The molecule has 132 valence electrons. The molecule has 0 bridgehead atoms. The maximum atomic E-state index is 14.6. The number of ether oxygens (including phenoxy) is 1. The van der Waals surface area contributed by atoms with E-state index >= 15 is 0 Å². The minimum absolute atomic E-state index is 0.0165. The van der Waals surface area contributed by atoms with Crippen LogP contribution in [0.4, 0.5) is 8.78 Å². The zero-order valence-corrected chi connectivity index (χ0v) is 14.7. The molecule has 0 amide bonds. The standard InChI is InChI=1S/C18H15ClF2O3S/c1-2-9-18(25(22,23)13-5-3-12(19)4-6-13)10-11-24-17-15(21)8-7-14(20)16(17)18/h2-8H,1,9-11H2. The molecule has 0 aliphatic carbocycles. The lowest BCUT2D eigenvalue weighted by Crippen LogP contribution is -2.41. The van der Waals surface area contributed by atoms with Gasteiger partial charge in [-0.25, -0.2) is 17.2 Å². The maximum absolute atomic E-state index is 14.6. The van der Waals surface area contributed by atoms with Gasteiger partial charge in [0.05, 0.1) is 17.1 Å². The van der Waals surface area contributed by atoms with Gasteiger partial charge in [0.2, 0.25) is 0 Å². The van der Waals surface area contributed by atoms with E-state index in [0.717, 1.165) is 12.1 Å². The summed E-state index contributed by atoms with van der Waals surface area (Å²) in [6.07, 6.45) is 1.30. The summed E-state index contributed by atoms with van der Waals surface area (Å²) in [7, 11) is -4.07. The summed E-state index contributed by atoms with van der Waals surface area (Å²) in [5, 5.41) is 0.376. The number of rotatable bonds is 4. The van der Waals surface area contributed by atoms with Crippen molar-refractivity contribution < 1.29 is 21.9 Å².